The first-order valence-corrected chi connectivity index (χ1v) is 3.52. The van der Waals surface area contributed by atoms with Crippen LogP contribution in [-0.4, -0.2) is 17.9 Å². The van der Waals surface area contributed by atoms with E-state index in [-0.39, 0.29) is 5.84 Å². The van der Waals surface area contributed by atoms with Gasteiger partial charge in [-0.25, -0.2) is 0 Å². The number of amidine groups is 1. The smallest absolute Gasteiger partial charge is 0.141 e. The molecule has 0 saturated carbocycles. The van der Waals surface area contributed by atoms with Crippen LogP contribution in [0.2, 0.25) is 0 Å². The molecule has 4 nitrogen and oxygen atoms in total. The molecule has 1 rings (SSSR count). The number of nitrogens with two attached hydrogens (primary N) is 1. The van der Waals surface area contributed by atoms with Crippen molar-refractivity contribution in [1.29, 1.82) is 5.41 Å². The number of rotatable bonds is 3. The van der Waals surface area contributed by atoms with E-state index in [9.17, 15) is 0 Å². The van der Waals surface area contributed by atoms with E-state index >= 15 is 0 Å². The highest BCUT2D eigenvalue weighted by molar-refractivity contribution is 5.93. The highest BCUT2D eigenvalue weighted by Crippen LogP contribution is 2.01. The number of nitrogens with zero attached hydrogens (tertiary/aromatic N) is 1. The van der Waals surface area contributed by atoms with Gasteiger partial charge in [-0.1, -0.05) is 0 Å². The average Bonchev–Trinajstić information content (AvgIpc) is 2.05. The number of hydrogen-bond donors (Lipinski definition) is 2. The number of pyridine rings is 1. The van der Waals surface area contributed by atoms with Crippen molar-refractivity contribution in [2.45, 2.75) is 6.61 Å². The van der Waals surface area contributed by atoms with Crippen molar-refractivity contribution in [1.82, 2.24) is 4.98 Å². The molecule has 0 bridgehead atoms. The van der Waals surface area contributed by atoms with E-state index in [1.165, 1.54) is 0 Å². The Morgan fingerprint density at radius 1 is 1.75 bits per heavy atom. The van der Waals surface area contributed by atoms with Crippen LogP contribution in [0.4, 0.5) is 0 Å². The van der Waals surface area contributed by atoms with Crippen LogP contribution >= 0.6 is 0 Å². The Balaban J connectivity index is 2.88. The summed E-state index contributed by atoms with van der Waals surface area (Å²) in [5.74, 6) is -0.0204. The van der Waals surface area contributed by atoms with E-state index in [2.05, 4.69) is 4.98 Å². The average molecular weight is 165 g/mol. The summed E-state index contributed by atoms with van der Waals surface area (Å²) < 4.78 is 4.92. The van der Waals surface area contributed by atoms with Crippen molar-refractivity contribution in [3.8, 4) is 0 Å². The highest BCUT2D eigenvalue weighted by atomic mass is 16.5. The Bertz CT molecular complexity index is 285. The van der Waals surface area contributed by atoms with Crippen molar-refractivity contribution in [3.63, 3.8) is 0 Å². The number of hydrogen-bond acceptors (Lipinski definition) is 3. The van der Waals surface area contributed by atoms with Gasteiger partial charge in [-0.15, -0.1) is 0 Å². The number of aromatic nitrogens is 1. The van der Waals surface area contributed by atoms with Crippen LogP contribution in [0.1, 0.15) is 11.3 Å². The van der Waals surface area contributed by atoms with Crippen LogP contribution in [0.15, 0.2) is 18.3 Å². The molecule has 0 aromatic carbocycles. The third kappa shape index (κ3) is 2.03. The molecule has 1 aromatic heterocycles. The molecule has 0 radical (unpaired) electrons. The summed E-state index contributed by atoms with van der Waals surface area (Å²) in [4.78, 5) is 3.92. The van der Waals surface area contributed by atoms with Crippen molar-refractivity contribution in [3.05, 3.63) is 29.6 Å². The zero-order chi connectivity index (χ0) is 8.97. The van der Waals surface area contributed by atoms with Crippen LogP contribution < -0.4 is 5.73 Å². The summed E-state index contributed by atoms with van der Waals surface area (Å²) in [6, 6.07) is 3.57. The summed E-state index contributed by atoms with van der Waals surface area (Å²) in [7, 11) is 1.62. The van der Waals surface area contributed by atoms with E-state index in [1.807, 2.05) is 6.07 Å². The molecule has 12 heavy (non-hydrogen) atoms. The SMILES string of the molecule is COCc1ccnc(C(=N)N)c1. The summed E-state index contributed by atoms with van der Waals surface area (Å²) in [5, 5.41) is 7.14. The molecular formula is C8H11N3O. The molecule has 4 heteroatoms. The molecule has 0 aliphatic heterocycles. The number of methoxy groups -OCH3 is 1. The lowest BCUT2D eigenvalue weighted by molar-refractivity contribution is 0.185. The minimum Gasteiger partial charge on any atom is -0.382 e. The summed E-state index contributed by atoms with van der Waals surface area (Å²) in [5.41, 5.74) is 6.72. The maximum Gasteiger partial charge on any atom is 0.141 e. The van der Waals surface area contributed by atoms with Gasteiger partial charge in [0.05, 0.1) is 6.61 Å². The van der Waals surface area contributed by atoms with E-state index < -0.39 is 0 Å². The molecular weight excluding hydrogens is 154 g/mol. The van der Waals surface area contributed by atoms with E-state index in [4.69, 9.17) is 15.9 Å². The number of nitrogen functional groups attached to an aromatic ring is 1. The monoisotopic (exact) mass is 165 g/mol. The highest BCUT2D eigenvalue weighted by Gasteiger charge is 1.98. The van der Waals surface area contributed by atoms with Crippen molar-refractivity contribution in [2.24, 2.45) is 5.73 Å². The summed E-state index contributed by atoms with van der Waals surface area (Å²) in [6.07, 6.45) is 1.62. The number of nitrogens with one attached hydrogen (secondary N) is 1. The van der Waals surface area contributed by atoms with Crippen molar-refractivity contribution >= 4 is 5.84 Å². The molecule has 0 amide bonds. The molecule has 0 saturated heterocycles. The van der Waals surface area contributed by atoms with Crippen LogP contribution in [0, 0.1) is 5.41 Å². The van der Waals surface area contributed by atoms with Crippen molar-refractivity contribution < 1.29 is 4.74 Å². The standard InChI is InChI=1S/C8H11N3O/c1-12-5-6-2-3-11-7(4-6)8(9)10/h2-4H,5H2,1H3,(H3,9,10). The summed E-state index contributed by atoms with van der Waals surface area (Å²) in [6.45, 7) is 0.517. The van der Waals surface area contributed by atoms with Crippen molar-refractivity contribution in [2.75, 3.05) is 7.11 Å². The fourth-order valence-electron chi connectivity index (χ4n) is 0.878. The van der Waals surface area contributed by atoms with Gasteiger partial charge in [0.2, 0.25) is 0 Å². The third-order valence-corrected chi connectivity index (χ3v) is 1.41. The molecule has 3 N–H and O–H groups in total. The Hall–Kier alpha value is -1.42. The second kappa shape index (κ2) is 3.82. The largest absolute Gasteiger partial charge is 0.382 e. The van der Waals surface area contributed by atoms with E-state index in [0.29, 0.717) is 12.3 Å². The molecule has 1 aromatic rings. The maximum atomic E-state index is 7.14. The van der Waals surface area contributed by atoms with Gasteiger partial charge in [-0.05, 0) is 17.7 Å². The van der Waals surface area contributed by atoms with Gasteiger partial charge in [-0.3, -0.25) is 10.4 Å². The fourth-order valence-corrected chi connectivity index (χ4v) is 0.878. The molecule has 0 spiro atoms. The summed E-state index contributed by atoms with van der Waals surface area (Å²) >= 11 is 0. The molecule has 0 aliphatic rings. The van der Waals surface area contributed by atoms with E-state index in [1.54, 1.807) is 19.4 Å². The second-order valence-electron chi connectivity index (χ2n) is 2.40. The fraction of sp³-hybridized carbons (Fsp3) is 0.250. The minimum absolute atomic E-state index is 0.0204. The van der Waals surface area contributed by atoms with Crippen LogP contribution in [-0.2, 0) is 11.3 Å². The predicted octanol–water partition coefficient (Wildman–Crippen LogP) is 0.512. The Labute approximate surface area is 70.9 Å². The second-order valence-corrected chi connectivity index (χ2v) is 2.40. The normalized spacial score (nSPS) is 9.75. The lowest BCUT2D eigenvalue weighted by Crippen LogP contribution is -2.13. The van der Waals surface area contributed by atoms with Crippen LogP contribution in [0.25, 0.3) is 0 Å². The quantitative estimate of drug-likeness (QED) is 0.506. The Morgan fingerprint density at radius 2 is 2.50 bits per heavy atom. The maximum absolute atomic E-state index is 7.14. The molecule has 0 atom stereocenters. The van der Waals surface area contributed by atoms with Gasteiger partial charge in [0.25, 0.3) is 0 Å². The molecule has 0 aliphatic carbocycles. The van der Waals surface area contributed by atoms with Gasteiger partial charge in [0, 0.05) is 13.3 Å². The Kier molecular flexibility index (Phi) is 2.76. The van der Waals surface area contributed by atoms with Crippen LogP contribution in [0.3, 0.4) is 0 Å². The van der Waals surface area contributed by atoms with Gasteiger partial charge in [0.15, 0.2) is 0 Å². The first-order chi connectivity index (χ1) is 5.74. The van der Waals surface area contributed by atoms with E-state index in [0.717, 1.165) is 5.56 Å². The van der Waals surface area contributed by atoms with Crippen LogP contribution in [0.5, 0.6) is 0 Å². The molecule has 1 heterocycles. The topological polar surface area (TPSA) is 72.0 Å². The van der Waals surface area contributed by atoms with Gasteiger partial charge in [0.1, 0.15) is 11.5 Å². The third-order valence-electron chi connectivity index (χ3n) is 1.41. The van der Waals surface area contributed by atoms with Gasteiger partial charge >= 0.3 is 0 Å². The molecule has 0 unspecified atom stereocenters. The molecule has 0 fully saturated rings. The van der Waals surface area contributed by atoms with Gasteiger partial charge in [-0.2, -0.15) is 0 Å². The minimum atomic E-state index is -0.0204. The Morgan fingerprint density at radius 3 is 3.08 bits per heavy atom. The molecule has 64 valence electrons. The number of ether oxygens (including phenoxy) is 1. The van der Waals surface area contributed by atoms with Gasteiger partial charge < -0.3 is 10.5 Å². The zero-order valence-electron chi connectivity index (χ0n) is 6.87. The zero-order valence-corrected chi connectivity index (χ0v) is 6.87. The lowest BCUT2D eigenvalue weighted by atomic mass is 10.2. The first kappa shape index (κ1) is 8.67. The lowest BCUT2D eigenvalue weighted by Gasteiger charge is -2.01. The first-order valence-electron chi connectivity index (χ1n) is 3.52. The predicted molar refractivity (Wildman–Crippen MR) is 46.0 cm³/mol.